The molecule has 0 saturated heterocycles. The highest BCUT2D eigenvalue weighted by Gasteiger charge is 2.19. The zero-order chi connectivity index (χ0) is 20.8. The van der Waals surface area contributed by atoms with Gasteiger partial charge in [-0.25, -0.2) is 4.79 Å². The molecule has 2 N–H and O–H groups in total. The normalized spacial score (nSPS) is 11.7. The fraction of sp³-hybridized carbons (Fsp3) is 0.333. The van der Waals surface area contributed by atoms with Gasteiger partial charge in [0.15, 0.2) is 11.5 Å². The summed E-state index contributed by atoms with van der Waals surface area (Å²) in [5, 5.41) is 12.5. The molecule has 1 unspecified atom stereocenters. The molecule has 154 valence electrons. The van der Waals surface area contributed by atoms with Gasteiger partial charge in [-0.2, -0.15) is 5.10 Å². The molecule has 1 aromatic carbocycles. The van der Waals surface area contributed by atoms with Crippen molar-refractivity contribution < 1.29 is 14.3 Å². The number of aromatic nitrogens is 2. The molecule has 8 heteroatoms. The van der Waals surface area contributed by atoms with Crippen LogP contribution in [0.2, 0.25) is 0 Å². The minimum atomic E-state index is -0.233. The number of hydrogen-bond donors (Lipinski definition) is 2. The molecule has 0 spiro atoms. The minimum absolute atomic E-state index is 0.0458. The van der Waals surface area contributed by atoms with Gasteiger partial charge in [-0.1, -0.05) is 12.1 Å². The molecule has 0 saturated carbocycles. The van der Waals surface area contributed by atoms with Crippen LogP contribution in [-0.4, -0.2) is 36.6 Å². The lowest BCUT2D eigenvalue weighted by Gasteiger charge is -2.19. The molecule has 0 aliphatic heterocycles. The molecule has 2 heterocycles. The van der Waals surface area contributed by atoms with Gasteiger partial charge >= 0.3 is 6.03 Å². The molecule has 7 nitrogen and oxygen atoms in total. The van der Waals surface area contributed by atoms with Crippen LogP contribution in [0.25, 0.3) is 0 Å². The molecule has 1 atom stereocenters. The van der Waals surface area contributed by atoms with Crippen molar-refractivity contribution in [1.82, 2.24) is 20.4 Å². The Kier molecular flexibility index (Phi) is 6.77. The first-order chi connectivity index (χ1) is 14.0. The number of aryl methyl sites for hydroxylation is 2. The lowest BCUT2D eigenvalue weighted by Crippen LogP contribution is -2.38. The first-order valence-electron chi connectivity index (χ1n) is 9.30. The van der Waals surface area contributed by atoms with Crippen LogP contribution >= 0.6 is 11.3 Å². The molecule has 0 radical (unpaired) electrons. The maximum absolute atomic E-state index is 12.4. The van der Waals surface area contributed by atoms with Crippen LogP contribution in [0.4, 0.5) is 4.79 Å². The summed E-state index contributed by atoms with van der Waals surface area (Å²) >= 11 is 1.65. The van der Waals surface area contributed by atoms with Crippen LogP contribution in [0.5, 0.6) is 11.5 Å². The second-order valence-electron chi connectivity index (χ2n) is 6.66. The van der Waals surface area contributed by atoms with Gasteiger partial charge < -0.3 is 20.1 Å². The van der Waals surface area contributed by atoms with Gasteiger partial charge in [-0.05, 0) is 49.1 Å². The quantitative estimate of drug-likeness (QED) is 0.590. The van der Waals surface area contributed by atoms with Gasteiger partial charge in [0.05, 0.1) is 19.9 Å². The first kappa shape index (κ1) is 20.7. The summed E-state index contributed by atoms with van der Waals surface area (Å²) in [6.07, 6.45) is 0. The Hall–Kier alpha value is -3.00. The zero-order valence-corrected chi connectivity index (χ0v) is 17.9. The number of hydrogen-bond acceptors (Lipinski definition) is 5. The summed E-state index contributed by atoms with van der Waals surface area (Å²) in [6, 6.07) is 11.4. The minimum Gasteiger partial charge on any atom is -0.493 e. The van der Waals surface area contributed by atoms with E-state index in [2.05, 4.69) is 21.8 Å². The third-order valence-corrected chi connectivity index (χ3v) is 5.54. The number of ether oxygens (including phenoxy) is 2. The summed E-state index contributed by atoms with van der Waals surface area (Å²) in [6.45, 7) is 4.83. The average Bonchev–Trinajstić information content (AvgIpc) is 3.36. The van der Waals surface area contributed by atoms with Crippen LogP contribution in [0.1, 0.15) is 27.9 Å². The van der Waals surface area contributed by atoms with Crippen molar-refractivity contribution in [3.8, 4) is 11.5 Å². The van der Waals surface area contributed by atoms with E-state index in [1.54, 1.807) is 25.6 Å². The van der Waals surface area contributed by atoms with Crippen molar-refractivity contribution in [3.63, 3.8) is 0 Å². The third kappa shape index (κ3) is 5.08. The van der Waals surface area contributed by atoms with Gasteiger partial charge in [-0.3, -0.25) is 4.68 Å². The summed E-state index contributed by atoms with van der Waals surface area (Å²) in [5.74, 6) is 1.29. The summed E-state index contributed by atoms with van der Waals surface area (Å²) in [7, 11) is 3.18. The Labute approximate surface area is 174 Å². The van der Waals surface area contributed by atoms with E-state index in [0.717, 1.165) is 21.8 Å². The van der Waals surface area contributed by atoms with E-state index < -0.39 is 0 Å². The van der Waals surface area contributed by atoms with E-state index in [1.807, 2.05) is 54.2 Å². The van der Waals surface area contributed by atoms with Gasteiger partial charge in [-0.15, -0.1) is 11.3 Å². The van der Waals surface area contributed by atoms with Gasteiger partial charge in [0.1, 0.15) is 6.04 Å². The van der Waals surface area contributed by atoms with Crippen LogP contribution in [0.15, 0.2) is 41.8 Å². The van der Waals surface area contributed by atoms with Gasteiger partial charge in [0, 0.05) is 23.7 Å². The molecule has 3 aromatic rings. The largest absolute Gasteiger partial charge is 0.493 e. The van der Waals surface area contributed by atoms with Crippen molar-refractivity contribution in [3.05, 3.63) is 63.6 Å². The van der Waals surface area contributed by atoms with Crippen LogP contribution < -0.4 is 20.1 Å². The average molecular weight is 415 g/mol. The molecule has 29 heavy (non-hydrogen) atoms. The molecule has 2 aromatic heterocycles. The molecule has 3 rings (SSSR count). The fourth-order valence-electron chi connectivity index (χ4n) is 3.17. The number of thiophene rings is 1. The highest BCUT2D eigenvalue weighted by molar-refractivity contribution is 7.10. The molecular weight excluding hydrogens is 388 g/mol. The molecule has 0 aliphatic carbocycles. The van der Waals surface area contributed by atoms with Crippen LogP contribution in [-0.2, 0) is 6.54 Å². The maximum atomic E-state index is 12.4. The Morgan fingerprint density at radius 1 is 1.14 bits per heavy atom. The molecule has 0 bridgehead atoms. The fourth-order valence-corrected chi connectivity index (χ4v) is 3.99. The number of carbonyl (C=O) groups is 1. The Morgan fingerprint density at radius 3 is 2.55 bits per heavy atom. The Morgan fingerprint density at radius 2 is 1.93 bits per heavy atom. The van der Waals surface area contributed by atoms with E-state index in [4.69, 9.17) is 9.47 Å². The van der Waals surface area contributed by atoms with Gasteiger partial charge in [0.2, 0.25) is 0 Å². The number of amides is 2. The number of nitrogens with zero attached hydrogens (tertiary/aromatic N) is 2. The number of rotatable bonds is 8. The monoisotopic (exact) mass is 414 g/mol. The number of urea groups is 1. The van der Waals surface area contributed by atoms with E-state index in [-0.39, 0.29) is 12.1 Å². The van der Waals surface area contributed by atoms with Crippen LogP contribution in [0, 0.1) is 13.8 Å². The smallest absolute Gasteiger partial charge is 0.315 e. The molecular formula is C21H26N4O3S. The lowest BCUT2D eigenvalue weighted by atomic mass is 10.2. The number of nitrogens with one attached hydrogen (secondary N) is 2. The van der Waals surface area contributed by atoms with Crippen molar-refractivity contribution >= 4 is 17.4 Å². The zero-order valence-electron chi connectivity index (χ0n) is 17.1. The van der Waals surface area contributed by atoms with Crippen molar-refractivity contribution in [2.24, 2.45) is 0 Å². The van der Waals surface area contributed by atoms with E-state index in [1.165, 1.54) is 0 Å². The van der Waals surface area contributed by atoms with Crippen molar-refractivity contribution in [2.75, 3.05) is 20.8 Å². The molecule has 0 fully saturated rings. The van der Waals surface area contributed by atoms with E-state index in [0.29, 0.717) is 24.6 Å². The molecule has 2 amide bonds. The summed E-state index contributed by atoms with van der Waals surface area (Å²) < 4.78 is 12.5. The third-order valence-electron chi connectivity index (χ3n) is 4.57. The second kappa shape index (κ2) is 9.47. The lowest BCUT2D eigenvalue weighted by molar-refractivity contribution is 0.239. The first-order valence-corrected chi connectivity index (χ1v) is 10.2. The highest BCUT2D eigenvalue weighted by atomic mass is 32.1. The number of methoxy groups -OCH3 is 2. The Balaban J connectivity index is 1.61. The topological polar surface area (TPSA) is 77.4 Å². The predicted molar refractivity (Wildman–Crippen MR) is 114 cm³/mol. The summed E-state index contributed by atoms with van der Waals surface area (Å²) in [5.41, 5.74) is 2.95. The summed E-state index contributed by atoms with van der Waals surface area (Å²) in [4.78, 5) is 13.5. The van der Waals surface area contributed by atoms with Crippen LogP contribution in [0.3, 0.4) is 0 Å². The number of benzene rings is 1. The maximum Gasteiger partial charge on any atom is 0.315 e. The van der Waals surface area contributed by atoms with E-state index in [9.17, 15) is 4.79 Å². The standard InChI is InChI=1S/C21H26N4O3S/c1-14-10-15(2)25(24-14)17(20-6-5-9-29-20)13-23-21(26)22-12-16-7-8-18(27-3)19(11-16)28-4/h5-11,17H,12-13H2,1-4H3,(H2,22,23,26). The van der Waals surface area contributed by atoms with Crippen molar-refractivity contribution in [2.45, 2.75) is 26.4 Å². The molecule has 0 aliphatic rings. The SMILES string of the molecule is COc1ccc(CNC(=O)NCC(c2cccs2)n2nc(C)cc2C)cc1OC. The highest BCUT2D eigenvalue weighted by Crippen LogP contribution is 2.27. The Bertz CT molecular complexity index is 953. The van der Waals surface area contributed by atoms with E-state index >= 15 is 0 Å². The van der Waals surface area contributed by atoms with Crippen molar-refractivity contribution in [1.29, 1.82) is 0 Å². The second-order valence-corrected chi connectivity index (χ2v) is 7.64. The number of carbonyl (C=O) groups excluding carboxylic acids is 1. The predicted octanol–water partition coefficient (Wildman–Crippen LogP) is 3.67. The van der Waals surface area contributed by atoms with Gasteiger partial charge in [0.25, 0.3) is 0 Å².